The molecule has 0 aliphatic rings. The van der Waals surface area contributed by atoms with Crippen molar-refractivity contribution in [3.05, 3.63) is 23.2 Å². The van der Waals surface area contributed by atoms with Crippen LogP contribution in [0.4, 0.5) is 5.69 Å². The molecule has 108 valence electrons. The van der Waals surface area contributed by atoms with E-state index in [2.05, 4.69) is 0 Å². The van der Waals surface area contributed by atoms with E-state index in [1.165, 1.54) is 12.1 Å². The van der Waals surface area contributed by atoms with Crippen LogP contribution in [0.1, 0.15) is 19.8 Å². The summed E-state index contributed by atoms with van der Waals surface area (Å²) in [6.45, 7) is 1.81. The maximum Gasteiger partial charge on any atom is 0.253 e. The van der Waals surface area contributed by atoms with E-state index in [4.69, 9.17) is 17.3 Å². The van der Waals surface area contributed by atoms with Gasteiger partial charge in [-0.3, -0.25) is 0 Å². The molecule has 9 heteroatoms. The predicted octanol–water partition coefficient (Wildman–Crippen LogP) is 1.33. The highest BCUT2D eigenvalue weighted by Gasteiger charge is 2.22. The van der Waals surface area contributed by atoms with E-state index >= 15 is 0 Å². The van der Waals surface area contributed by atoms with Crippen molar-refractivity contribution in [1.82, 2.24) is 4.13 Å². The monoisotopic (exact) mass is 326 g/mol. The third-order valence-corrected chi connectivity index (χ3v) is 6.22. The molecule has 0 aliphatic carbocycles. The molecule has 0 aliphatic heterocycles. The first kappa shape index (κ1) is 16.2. The molecule has 19 heavy (non-hydrogen) atoms. The molecule has 0 spiro atoms. The van der Waals surface area contributed by atoms with Gasteiger partial charge in [-0.1, -0.05) is 24.9 Å². The van der Waals surface area contributed by atoms with Crippen LogP contribution in [-0.4, -0.2) is 22.6 Å². The molecule has 1 aromatic carbocycles. The lowest BCUT2D eigenvalue weighted by atomic mass is 10.3. The molecule has 0 amide bonds. The second-order valence-electron chi connectivity index (χ2n) is 3.94. The lowest BCUT2D eigenvalue weighted by Gasteiger charge is -2.08. The van der Waals surface area contributed by atoms with Crippen molar-refractivity contribution in [3.8, 4) is 0 Å². The standard InChI is InChI=1S/C10H15ClN2O4S2/c1-2-3-6-18(14,15)13-19(16,17)8-4-5-9(11)10(12)7-8/h4-5,7,13H,2-3,6,12H2,1H3. The van der Waals surface area contributed by atoms with Crippen molar-refractivity contribution in [2.24, 2.45) is 0 Å². The first-order valence-electron chi connectivity index (χ1n) is 5.49. The first-order chi connectivity index (χ1) is 8.68. The summed E-state index contributed by atoms with van der Waals surface area (Å²) < 4.78 is 48.6. The Morgan fingerprint density at radius 1 is 1.26 bits per heavy atom. The summed E-state index contributed by atoms with van der Waals surface area (Å²) in [5.41, 5.74) is 5.55. The third kappa shape index (κ3) is 4.64. The lowest BCUT2D eigenvalue weighted by Crippen LogP contribution is -2.32. The predicted molar refractivity (Wildman–Crippen MR) is 74.9 cm³/mol. The van der Waals surface area contributed by atoms with E-state index in [0.717, 1.165) is 6.07 Å². The number of nitrogens with one attached hydrogen (secondary N) is 1. The van der Waals surface area contributed by atoms with Crippen molar-refractivity contribution < 1.29 is 16.8 Å². The number of sulfonamides is 2. The zero-order chi connectivity index (χ0) is 14.7. The highest BCUT2D eigenvalue weighted by atomic mass is 35.5. The van der Waals surface area contributed by atoms with Gasteiger partial charge >= 0.3 is 0 Å². The summed E-state index contributed by atoms with van der Waals surface area (Å²) in [5, 5.41) is 0.202. The number of benzene rings is 1. The zero-order valence-electron chi connectivity index (χ0n) is 10.3. The van der Waals surface area contributed by atoms with Gasteiger partial charge in [-0.15, -0.1) is 4.13 Å². The molecule has 1 rings (SSSR count). The van der Waals surface area contributed by atoms with Crippen LogP contribution >= 0.6 is 11.6 Å². The second-order valence-corrected chi connectivity index (χ2v) is 8.13. The van der Waals surface area contributed by atoms with Gasteiger partial charge in [0.2, 0.25) is 10.0 Å². The average molecular weight is 327 g/mol. The van der Waals surface area contributed by atoms with Crippen LogP contribution in [-0.2, 0) is 20.0 Å². The molecule has 0 radical (unpaired) electrons. The second kappa shape index (κ2) is 6.08. The van der Waals surface area contributed by atoms with Crippen LogP contribution in [0.5, 0.6) is 0 Å². The molecule has 0 unspecified atom stereocenters. The van der Waals surface area contributed by atoms with Crippen LogP contribution in [0, 0.1) is 0 Å². The number of halogens is 1. The minimum Gasteiger partial charge on any atom is -0.397 e. The highest BCUT2D eigenvalue weighted by molar-refractivity contribution is 8.04. The Morgan fingerprint density at radius 3 is 2.42 bits per heavy atom. The fraction of sp³-hybridized carbons (Fsp3) is 0.400. The number of nitrogens with two attached hydrogens (primary N) is 1. The van der Waals surface area contributed by atoms with Gasteiger partial charge in [0.15, 0.2) is 0 Å². The first-order valence-corrected chi connectivity index (χ1v) is 9.00. The molecule has 0 heterocycles. The maximum atomic E-state index is 11.9. The van der Waals surface area contributed by atoms with Crippen molar-refractivity contribution in [2.45, 2.75) is 24.7 Å². The summed E-state index contributed by atoms with van der Waals surface area (Å²) >= 11 is 5.67. The molecule has 6 nitrogen and oxygen atoms in total. The molecule has 0 saturated heterocycles. The number of hydrogen-bond donors (Lipinski definition) is 2. The minimum absolute atomic E-state index is 0.0653. The van der Waals surface area contributed by atoms with Crippen LogP contribution in [0.15, 0.2) is 23.1 Å². The van der Waals surface area contributed by atoms with Gasteiger partial charge in [-0.25, -0.2) is 16.8 Å². The van der Waals surface area contributed by atoms with Crippen molar-refractivity contribution >= 4 is 37.3 Å². The molecule has 0 fully saturated rings. The molecular formula is C10H15ClN2O4S2. The minimum atomic E-state index is -4.16. The summed E-state index contributed by atoms with van der Waals surface area (Å²) in [6, 6.07) is 3.60. The Hall–Kier alpha value is -0.830. The normalized spacial score (nSPS) is 12.5. The van der Waals surface area contributed by atoms with Crippen LogP contribution in [0.2, 0.25) is 5.02 Å². The van der Waals surface area contributed by atoms with Gasteiger partial charge in [0.1, 0.15) is 0 Å². The maximum absolute atomic E-state index is 11.9. The molecule has 0 atom stereocenters. The summed E-state index contributed by atoms with van der Waals surface area (Å²) in [5.74, 6) is -0.244. The molecule has 3 N–H and O–H groups in total. The number of nitrogen functional groups attached to an aromatic ring is 1. The van der Waals surface area contributed by atoms with E-state index in [1.54, 1.807) is 4.13 Å². The van der Waals surface area contributed by atoms with E-state index in [-0.39, 0.29) is 21.4 Å². The topological polar surface area (TPSA) is 106 Å². The number of anilines is 1. The quantitative estimate of drug-likeness (QED) is 0.767. The summed E-state index contributed by atoms with van der Waals surface area (Å²) in [4.78, 5) is -0.241. The number of rotatable bonds is 6. The Morgan fingerprint density at radius 2 is 1.89 bits per heavy atom. The third-order valence-electron chi connectivity index (χ3n) is 2.28. The fourth-order valence-corrected chi connectivity index (χ4v) is 4.65. The lowest BCUT2D eigenvalue weighted by molar-refractivity contribution is 0.575. The van der Waals surface area contributed by atoms with Gasteiger partial charge in [0.05, 0.1) is 21.4 Å². The molecule has 0 aromatic heterocycles. The fourth-order valence-electron chi connectivity index (χ4n) is 1.28. The van der Waals surface area contributed by atoms with E-state index in [9.17, 15) is 16.8 Å². The van der Waals surface area contributed by atoms with Crippen LogP contribution < -0.4 is 9.86 Å². The molecule has 0 saturated carbocycles. The van der Waals surface area contributed by atoms with Gasteiger partial charge in [-0.2, -0.15) is 0 Å². The van der Waals surface area contributed by atoms with Gasteiger partial charge < -0.3 is 5.73 Å². The van der Waals surface area contributed by atoms with Crippen molar-refractivity contribution in [1.29, 1.82) is 0 Å². The highest BCUT2D eigenvalue weighted by Crippen LogP contribution is 2.22. The largest absolute Gasteiger partial charge is 0.397 e. The average Bonchev–Trinajstić information content (AvgIpc) is 2.28. The van der Waals surface area contributed by atoms with Gasteiger partial charge in [0.25, 0.3) is 10.0 Å². The van der Waals surface area contributed by atoms with E-state index in [0.29, 0.717) is 12.8 Å². The Balaban J connectivity index is 3.02. The zero-order valence-corrected chi connectivity index (χ0v) is 12.6. The number of unbranched alkanes of at least 4 members (excludes halogenated alkanes) is 1. The van der Waals surface area contributed by atoms with E-state index < -0.39 is 20.0 Å². The van der Waals surface area contributed by atoms with Crippen molar-refractivity contribution in [2.75, 3.05) is 11.5 Å². The Kier molecular flexibility index (Phi) is 5.19. The van der Waals surface area contributed by atoms with Crippen LogP contribution in [0.3, 0.4) is 0 Å². The molecule has 0 bridgehead atoms. The van der Waals surface area contributed by atoms with E-state index in [1.807, 2.05) is 6.92 Å². The Bertz CT molecular complexity index is 656. The van der Waals surface area contributed by atoms with Gasteiger partial charge in [-0.05, 0) is 24.6 Å². The SMILES string of the molecule is CCCCS(=O)(=O)NS(=O)(=O)c1ccc(Cl)c(N)c1. The molecule has 1 aromatic rings. The summed E-state index contributed by atoms with van der Waals surface area (Å²) in [7, 11) is -8.05. The smallest absolute Gasteiger partial charge is 0.253 e. The Labute approximate surface area is 118 Å². The molecular weight excluding hydrogens is 312 g/mol. The van der Waals surface area contributed by atoms with Crippen LogP contribution in [0.25, 0.3) is 0 Å². The van der Waals surface area contributed by atoms with Crippen molar-refractivity contribution in [3.63, 3.8) is 0 Å². The van der Waals surface area contributed by atoms with Gasteiger partial charge in [0, 0.05) is 0 Å². The number of hydrogen-bond acceptors (Lipinski definition) is 5. The summed E-state index contributed by atoms with van der Waals surface area (Å²) in [6.07, 6.45) is 1.03.